The van der Waals surface area contributed by atoms with Gasteiger partial charge in [-0.2, -0.15) is 0 Å². The van der Waals surface area contributed by atoms with Crippen LogP contribution in [0.3, 0.4) is 0 Å². The molecule has 2 aromatic rings. The Morgan fingerprint density at radius 3 is 2.89 bits per heavy atom. The molecule has 0 spiro atoms. The largest absolute Gasteiger partial charge is 0.465 e. The molecule has 0 radical (unpaired) electrons. The molecule has 1 aliphatic rings. The van der Waals surface area contributed by atoms with Gasteiger partial charge in [-0.3, -0.25) is 4.98 Å². The van der Waals surface area contributed by atoms with Gasteiger partial charge in [0, 0.05) is 24.4 Å². The Kier molecular flexibility index (Phi) is 6.13. The van der Waals surface area contributed by atoms with Gasteiger partial charge >= 0.3 is 6.09 Å². The molecule has 0 saturated carbocycles. The second-order valence-corrected chi connectivity index (χ2v) is 6.93. The fourth-order valence-corrected chi connectivity index (χ4v) is 3.53. The van der Waals surface area contributed by atoms with Crippen molar-refractivity contribution in [3.05, 3.63) is 40.9 Å². The zero-order valence-corrected chi connectivity index (χ0v) is 15.8. The Labute approximate surface area is 162 Å². The lowest BCUT2D eigenvalue weighted by molar-refractivity contribution is 0.130. The number of aliphatic hydroxyl groups is 1. The summed E-state index contributed by atoms with van der Waals surface area (Å²) >= 11 is 6.46. The van der Waals surface area contributed by atoms with Crippen LogP contribution in [0.4, 0.5) is 4.79 Å². The summed E-state index contributed by atoms with van der Waals surface area (Å²) in [6, 6.07) is 3.23. The molecule has 0 aliphatic carbocycles. The molecule has 8 heteroatoms. The Hall–Kier alpha value is -2.38. The van der Waals surface area contributed by atoms with Crippen molar-refractivity contribution in [3.63, 3.8) is 0 Å². The minimum atomic E-state index is -0.897. The first-order chi connectivity index (χ1) is 13.0. The minimum absolute atomic E-state index is 0.161. The second kappa shape index (κ2) is 8.54. The fraction of sp³-hybridized carbons (Fsp3) is 0.421. The van der Waals surface area contributed by atoms with E-state index >= 15 is 0 Å². The first kappa shape index (κ1) is 19.4. The zero-order chi connectivity index (χ0) is 19.4. The maximum atomic E-state index is 11.5. The van der Waals surface area contributed by atoms with E-state index in [9.17, 15) is 9.90 Å². The fourth-order valence-electron chi connectivity index (χ4n) is 3.24. The molecule has 0 fully saturated rings. The van der Waals surface area contributed by atoms with Gasteiger partial charge in [-0.25, -0.2) is 4.79 Å². The molecule has 2 aromatic heterocycles. The molecule has 7 nitrogen and oxygen atoms in total. The van der Waals surface area contributed by atoms with Crippen LogP contribution in [0.25, 0.3) is 16.8 Å². The third-order valence-corrected chi connectivity index (χ3v) is 4.96. The average Bonchev–Trinajstić information content (AvgIpc) is 3.15. The van der Waals surface area contributed by atoms with Gasteiger partial charge in [-0.15, -0.1) is 0 Å². The summed E-state index contributed by atoms with van der Waals surface area (Å²) in [4.78, 5) is 17.5. The molecule has 2 N–H and O–H groups in total. The van der Waals surface area contributed by atoms with Crippen LogP contribution < -0.4 is 0 Å². The number of carboxylic acid groups (broad SMARTS) is 1. The number of hydrogen-bond donors (Lipinski definition) is 2. The van der Waals surface area contributed by atoms with Crippen molar-refractivity contribution < 1.29 is 19.5 Å². The Bertz CT molecular complexity index is 849. The monoisotopic (exact) mass is 391 g/mol. The van der Waals surface area contributed by atoms with Gasteiger partial charge in [0.25, 0.3) is 0 Å². The highest BCUT2D eigenvalue weighted by atomic mass is 35.5. The van der Waals surface area contributed by atoms with Crippen molar-refractivity contribution in [3.8, 4) is 11.3 Å². The molecular formula is C19H22ClN3O4. The van der Waals surface area contributed by atoms with Crippen molar-refractivity contribution in [2.45, 2.75) is 45.3 Å². The van der Waals surface area contributed by atoms with E-state index < -0.39 is 6.09 Å². The summed E-state index contributed by atoms with van der Waals surface area (Å²) in [6.45, 7) is 2.29. The summed E-state index contributed by atoms with van der Waals surface area (Å²) in [5, 5.41) is 22.9. The van der Waals surface area contributed by atoms with Gasteiger partial charge in [0.15, 0.2) is 5.76 Å². The lowest BCUT2D eigenvalue weighted by atomic mass is 9.96. The molecular weight excluding hydrogens is 370 g/mol. The van der Waals surface area contributed by atoms with Crippen molar-refractivity contribution in [1.29, 1.82) is 0 Å². The van der Waals surface area contributed by atoms with Crippen LogP contribution in [0, 0.1) is 0 Å². The first-order valence-electron chi connectivity index (χ1n) is 8.96. The van der Waals surface area contributed by atoms with E-state index in [0.29, 0.717) is 40.7 Å². The summed E-state index contributed by atoms with van der Waals surface area (Å²) < 4.78 is 5.00. The van der Waals surface area contributed by atoms with Gasteiger partial charge in [0.2, 0.25) is 0 Å². The number of nitrogens with zero attached hydrogens (tertiary/aromatic N) is 3. The van der Waals surface area contributed by atoms with Gasteiger partial charge in [-0.05, 0) is 24.5 Å². The standard InChI is InChI=1S/C19H22ClN3O4/c1-2-3-4-14-7-12(5-6-23(14)19(25)26)18-16(20)8-13(10-21-18)17-9-15(11-24)27-22-17/h7-10,14,24H,2-6,11H2,1H3,(H,25,26). The van der Waals surface area contributed by atoms with E-state index in [1.807, 2.05) is 6.08 Å². The lowest BCUT2D eigenvalue weighted by Gasteiger charge is -2.32. The predicted octanol–water partition coefficient (Wildman–Crippen LogP) is 4.21. The van der Waals surface area contributed by atoms with E-state index in [4.69, 9.17) is 21.2 Å². The van der Waals surface area contributed by atoms with Crippen LogP contribution in [0.15, 0.2) is 28.9 Å². The lowest BCUT2D eigenvalue weighted by Crippen LogP contribution is -2.41. The number of pyridine rings is 1. The summed E-state index contributed by atoms with van der Waals surface area (Å²) in [7, 11) is 0. The van der Waals surface area contributed by atoms with E-state index in [-0.39, 0.29) is 12.6 Å². The van der Waals surface area contributed by atoms with E-state index in [2.05, 4.69) is 17.1 Å². The molecule has 0 saturated heterocycles. The van der Waals surface area contributed by atoms with Crippen LogP contribution in [0.1, 0.15) is 44.1 Å². The van der Waals surface area contributed by atoms with Crippen molar-refractivity contribution in [2.75, 3.05) is 6.54 Å². The highest BCUT2D eigenvalue weighted by Crippen LogP contribution is 2.32. The molecule has 3 rings (SSSR count). The molecule has 1 aliphatic heterocycles. The quantitative estimate of drug-likeness (QED) is 0.765. The van der Waals surface area contributed by atoms with Crippen LogP contribution >= 0.6 is 11.6 Å². The van der Waals surface area contributed by atoms with Gasteiger partial charge in [0.1, 0.15) is 12.3 Å². The van der Waals surface area contributed by atoms with Gasteiger partial charge < -0.3 is 19.6 Å². The summed E-state index contributed by atoms with van der Waals surface area (Å²) in [6.07, 6.45) is 6.05. The third-order valence-electron chi connectivity index (χ3n) is 4.67. The first-order valence-corrected chi connectivity index (χ1v) is 9.34. The van der Waals surface area contributed by atoms with Crippen LogP contribution in [-0.2, 0) is 6.61 Å². The third kappa shape index (κ3) is 4.31. The number of aliphatic hydroxyl groups excluding tert-OH is 1. The SMILES string of the molecule is CCCCC1C=C(c2ncc(-c3cc(CO)on3)cc2Cl)CCN1C(=O)O. The number of carbonyl (C=O) groups is 1. The normalized spacial score (nSPS) is 17.1. The molecule has 1 atom stereocenters. The van der Waals surface area contributed by atoms with E-state index in [0.717, 1.165) is 24.8 Å². The van der Waals surface area contributed by atoms with Gasteiger partial charge in [0.05, 0.1) is 16.8 Å². The maximum Gasteiger partial charge on any atom is 0.407 e. The predicted molar refractivity (Wildman–Crippen MR) is 101 cm³/mol. The highest BCUT2D eigenvalue weighted by molar-refractivity contribution is 6.32. The van der Waals surface area contributed by atoms with Crippen LogP contribution in [0.5, 0.6) is 0 Å². The zero-order valence-electron chi connectivity index (χ0n) is 15.1. The number of unbranched alkanes of at least 4 members (excludes halogenated alkanes) is 1. The molecule has 1 amide bonds. The number of hydrogen-bond acceptors (Lipinski definition) is 5. The van der Waals surface area contributed by atoms with Gasteiger partial charge in [-0.1, -0.05) is 42.6 Å². The number of aromatic nitrogens is 2. The molecule has 1 unspecified atom stereocenters. The Morgan fingerprint density at radius 2 is 2.26 bits per heavy atom. The molecule has 0 aromatic carbocycles. The molecule has 144 valence electrons. The van der Waals surface area contributed by atoms with Crippen LogP contribution in [0.2, 0.25) is 5.02 Å². The summed E-state index contributed by atoms with van der Waals surface area (Å²) in [5.41, 5.74) is 2.87. The van der Waals surface area contributed by atoms with Crippen molar-refractivity contribution in [1.82, 2.24) is 15.0 Å². The highest BCUT2D eigenvalue weighted by Gasteiger charge is 2.27. The molecule has 27 heavy (non-hydrogen) atoms. The maximum absolute atomic E-state index is 11.5. The minimum Gasteiger partial charge on any atom is -0.465 e. The van der Waals surface area contributed by atoms with E-state index in [1.54, 1.807) is 18.3 Å². The topological polar surface area (TPSA) is 99.7 Å². The van der Waals surface area contributed by atoms with Crippen molar-refractivity contribution in [2.24, 2.45) is 0 Å². The molecule has 0 bridgehead atoms. The number of rotatable bonds is 6. The van der Waals surface area contributed by atoms with E-state index in [1.165, 1.54) is 4.90 Å². The number of halogens is 1. The average molecular weight is 392 g/mol. The molecule has 3 heterocycles. The summed E-state index contributed by atoms with van der Waals surface area (Å²) in [5.74, 6) is 0.368. The Morgan fingerprint density at radius 1 is 1.44 bits per heavy atom. The van der Waals surface area contributed by atoms with Crippen molar-refractivity contribution >= 4 is 23.3 Å². The van der Waals surface area contributed by atoms with Crippen LogP contribution in [-0.4, -0.2) is 43.9 Å². The second-order valence-electron chi connectivity index (χ2n) is 6.52. The Balaban J connectivity index is 1.87. The smallest absolute Gasteiger partial charge is 0.407 e. The number of amides is 1.